The number of hydrogen-bond acceptors (Lipinski definition) is 1. The molecule has 0 aromatic heterocycles. The fraction of sp³-hybridized carbons (Fsp3) is 1.00. The lowest BCUT2D eigenvalue weighted by Gasteiger charge is -2.14. The van der Waals surface area contributed by atoms with E-state index < -0.39 is 7.60 Å². The van der Waals surface area contributed by atoms with Crippen LogP contribution in [0, 0.1) is 5.92 Å². The molecule has 0 aromatic carbocycles. The summed E-state index contributed by atoms with van der Waals surface area (Å²) >= 11 is 0. The minimum atomic E-state index is -3.78. The van der Waals surface area contributed by atoms with Crippen LogP contribution >= 0.6 is 7.60 Å². The molecule has 0 rings (SSSR count). The van der Waals surface area contributed by atoms with Gasteiger partial charge in [-0.15, -0.1) is 0 Å². The Hall–Kier alpha value is 0.150. The molecule has 0 aliphatic heterocycles. The van der Waals surface area contributed by atoms with E-state index in [4.69, 9.17) is 9.79 Å². The Labute approximate surface area is 74.3 Å². The first-order valence-electron chi connectivity index (χ1n) is 4.54. The summed E-state index contributed by atoms with van der Waals surface area (Å²) in [6, 6.07) is 0. The lowest BCUT2D eigenvalue weighted by atomic mass is 10.0. The molecule has 0 spiro atoms. The molecule has 0 bridgehead atoms. The van der Waals surface area contributed by atoms with Gasteiger partial charge in [-0.1, -0.05) is 33.1 Å². The van der Waals surface area contributed by atoms with Crippen LogP contribution in [0.15, 0.2) is 0 Å². The molecule has 4 heteroatoms. The zero-order chi connectivity index (χ0) is 9.61. The SMILES string of the molecule is CCCCC(CC)CP(=O)(O)O. The topological polar surface area (TPSA) is 57.5 Å². The lowest BCUT2D eigenvalue weighted by Crippen LogP contribution is -2.05. The van der Waals surface area contributed by atoms with Gasteiger partial charge in [0.1, 0.15) is 0 Å². The van der Waals surface area contributed by atoms with E-state index in [1.807, 2.05) is 6.92 Å². The minimum Gasteiger partial charge on any atom is -0.324 e. The molecule has 0 amide bonds. The summed E-state index contributed by atoms with van der Waals surface area (Å²) in [4.78, 5) is 17.5. The Morgan fingerprint density at radius 1 is 1.33 bits per heavy atom. The first kappa shape index (κ1) is 12.2. The first-order chi connectivity index (χ1) is 5.49. The molecule has 1 atom stereocenters. The molecule has 1 unspecified atom stereocenters. The van der Waals surface area contributed by atoms with E-state index in [9.17, 15) is 4.57 Å². The highest BCUT2D eigenvalue weighted by atomic mass is 31.2. The van der Waals surface area contributed by atoms with Crippen LogP contribution in [0.1, 0.15) is 39.5 Å². The van der Waals surface area contributed by atoms with Crippen molar-refractivity contribution >= 4 is 7.60 Å². The van der Waals surface area contributed by atoms with Gasteiger partial charge in [-0.2, -0.15) is 0 Å². The van der Waals surface area contributed by atoms with E-state index in [1.54, 1.807) is 0 Å². The molecule has 2 N–H and O–H groups in total. The van der Waals surface area contributed by atoms with E-state index in [-0.39, 0.29) is 12.1 Å². The Balaban J connectivity index is 3.75. The number of rotatable bonds is 6. The second kappa shape index (κ2) is 5.74. The number of hydrogen-bond donors (Lipinski definition) is 2. The summed E-state index contributed by atoms with van der Waals surface area (Å²) in [6.07, 6.45) is 4.03. The molecule has 74 valence electrons. The van der Waals surface area contributed by atoms with E-state index >= 15 is 0 Å². The van der Waals surface area contributed by atoms with Gasteiger partial charge in [0.05, 0.1) is 6.16 Å². The maximum absolute atomic E-state index is 10.7. The summed E-state index contributed by atoms with van der Waals surface area (Å²) < 4.78 is 10.7. The maximum atomic E-state index is 10.7. The highest BCUT2D eigenvalue weighted by Crippen LogP contribution is 2.38. The third kappa shape index (κ3) is 6.84. The molecule has 0 aromatic rings. The molecule has 0 saturated heterocycles. The van der Waals surface area contributed by atoms with Gasteiger partial charge in [0.25, 0.3) is 0 Å². The van der Waals surface area contributed by atoms with Crippen LogP contribution in [-0.2, 0) is 4.57 Å². The van der Waals surface area contributed by atoms with Crippen molar-refractivity contribution in [1.29, 1.82) is 0 Å². The summed E-state index contributed by atoms with van der Waals surface area (Å²) in [5.74, 6) is 0.200. The average Bonchev–Trinajstić information content (AvgIpc) is 1.95. The van der Waals surface area contributed by atoms with Gasteiger partial charge in [-0.25, -0.2) is 0 Å². The van der Waals surface area contributed by atoms with Gasteiger partial charge in [0.2, 0.25) is 0 Å². The van der Waals surface area contributed by atoms with Crippen LogP contribution in [0.3, 0.4) is 0 Å². The smallest absolute Gasteiger partial charge is 0.324 e. The van der Waals surface area contributed by atoms with Crippen molar-refractivity contribution in [2.24, 2.45) is 5.92 Å². The largest absolute Gasteiger partial charge is 0.325 e. The Morgan fingerprint density at radius 2 is 1.92 bits per heavy atom. The summed E-state index contributed by atoms with van der Waals surface area (Å²) in [6.45, 7) is 4.07. The third-order valence-electron chi connectivity index (χ3n) is 2.04. The lowest BCUT2D eigenvalue weighted by molar-refractivity contribution is 0.354. The summed E-state index contributed by atoms with van der Waals surface area (Å²) in [5.41, 5.74) is 0. The van der Waals surface area contributed by atoms with Crippen molar-refractivity contribution in [3.63, 3.8) is 0 Å². The summed E-state index contributed by atoms with van der Waals surface area (Å²) in [7, 11) is -3.78. The molecule has 0 heterocycles. The predicted molar refractivity (Wildman–Crippen MR) is 50.2 cm³/mol. The molecule has 0 saturated carbocycles. The first-order valence-corrected chi connectivity index (χ1v) is 6.34. The molecule has 0 aliphatic rings. The molecule has 0 fully saturated rings. The van der Waals surface area contributed by atoms with E-state index in [2.05, 4.69) is 6.92 Å². The van der Waals surface area contributed by atoms with Crippen molar-refractivity contribution < 1.29 is 14.4 Å². The van der Waals surface area contributed by atoms with Crippen LogP contribution in [0.2, 0.25) is 0 Å². The monoisotopic (exact) mass is 194 g/mol. The average molecular weight is 194 g/mol. The van der Waals surface area contributed by atoms with Crippen LogP contribution < -0.4 is 0 Å². The molecule has 12 heavy (non-hydrogen) atoms. The van der Waals surface area contributed by atoms with Crippen molar-refractivity contribution in [1.82, 2.24) is 0 Å². The molecular weight excluding hydrogens is 175 g/mol. The Kier molecular flexibility index (Phi) is 5.81. The van der Waals surface area contributed by atoms with Crippen LogP contribution in [0.4, 0.5) is 0 Å². The molecule has 0 aliphatic carbocycles. The van der Waals surface area contributed by atoms with Gasteiger partial charge in [0, 0.05) is 0 Å². The van der Waals surface area contributed by atoms with E-state index in [0.29, 0.717) is 0 Å². The van der Waals surface area contributed by atoms with Gasteiger partial charge < -0.3 is 9.79 Å². The second-order valence-electron chi connectivity index (χ2n) is 3.26. The van der Waals surface area contributed by atoms with Crippen LogP contribution in [-0.4, -0.2) is 15.9 Å². The van der Waals surface area contributed by atoms with Gasteiger partial charge in [-0.05, 0) is 12.3 Å². The normalized spacial score (nSPS) is 14.7. The predicted octanol–water partition coefficient (Wildman–Crippen LogP) is 2.38. The van der Waals surface area contributed by atoms with Gasteiger partial charge in [0.15, 0.2) is 0 Å². The van der Waals surface area contributed by atoms with Crippen molar-refractivity contribution in [3.05, 3.63) is 0 Å². The highest BCUT2D eigenvalue weighted by Gasteiger charge is 2.19. The Morgan fingerprint density at radius 3 is 2.25 bits per heavy atom. The van der Waals surface area contributed by atoms with Crippen molar-refractivity contribution in [3.8, 4) is 0 Å². The van der Waals surface area contributed by atoms with E-state index in [1.165, 1.54) is 0 Å². The van der Waals surface area contributed by atoms with Crippen LogP contribution in [0.5, 0.6) is 0 Å². The highest BCUT2D eigenvalue weighted by molar-refractivity contribution is 7.51. The van der Waals surface area contributed by atoms with Gasteiger partial charge >= 0.3 is 7.60 Å². The second-order valence-corrected chi connectivity index (χ2v) is 4.96. The summed E-state index contributed by atoms with van der Waals surface area (Å²) in [5, 5.41) is 0. The fourth-order valence-corrected chi connectivity index (χ4v) is 2.37. The van der Waals surface area contributed by atoms with Crippen LogP contribution in [0.25, 0.3) is 0 Å². The zero-order valence-electron chi connectivity index (χ0n) is 7.86. The standard InChI is InChI=1S/C8H19O3P/c1-3-5-6-8(4-2)7-12(9,10)11/h8H,3-7H2,1-2H3,(H2,9,10,11). The van der Waals surface area contributed by atoms with Crippen molar-refractivity contribution in [2.75, 3.05) is 6.16 Å². The number of unbranched alkanes of at least 4 members (excludes halogenated alkanes) is 1. The molecule has 0 radical (unpaired) electrons. The van der Waals surface area contributed by atoms with Crippen molar-refractivity contribution in [2.45, 2.75) is 39.5 Å². The minimum absolute atomic E-state index is 0.0590. The van der Waals surface area contributed by atoms with E-state index in [0.717, 1.165) is 25.7 Å². The van der Waals surface area contributed by atoms with Gasteiger partial charge in [-0.3, -0.25) is 4.57 Å². The molecular formula is C8H19O3P. The third-order valence-corrected chi connectivity index (χ3v) is 3.03. The maximum Gasteiger partial charge on any atom is 0.325 e. The fourth-order valence-electron chi connectivity index (χ4n) is 1.25. The quantitative estimate of drug-likeness (QED) is 0.638. The Bertz CT molecular complexity index is 152. The molecule has 3 nitrogen and oxygen atoms in total. The zero-order valence-corrected chi connectivity index (χ0v) is 8.76.